The zero-order valence-electron chi connectivity index (χ0n) is 13.0. The number of ether oxygens (including phenoxy) is 1. The molecule has 2 aromatic carbocycles. The van der Waals surface area contributed by atoms with Crippen LogP contribution in [0.5, 0.6) is 11.5 Å². The Labute approximate surface area is 144 Å². The Morgan fingerprint density at radius 2 is 1.83 bits per heavy atom. The van der Waals surface area contributed by atoms with Crippen molar-refractivity contribution in [1.29, 1.82) is 0 Å². The molecule has 0 saturated heterocycles. The highest BCUT2D eigenvalue weighted by Gasteiger charge is 2.12. The van der Waals surface area contributed by atoms with Gasteiger partial charge in [-0.1, -0.05) is 23.7 Å². The number of hydrogen-bond donors (Lipinski definition) is 3. The van der Waals surface area contributed by atoms with Crippen LogP contribution in [-0.2, 0) is 11.2 Å². The van der Waals surface area contributed by atoms with Crippen molar-refractivity contribution in [1.82, 2.24) is 10.9 Å². The van der Waals surface area contributed by atoms with Gasteiger partial charge in [0.1, 0.15) is 11.5 Å². The first-order chi connectivity index (χ1) is 11.5. The second-order valence-electron chi connectivity index (χ2n) is 4.92. The summed E-state index contributed by atoms with van der Waals surface area (Å²) in [5.74, 6) is -0.548. The highest BCUT2D eigenvalue weighted by atomic mass is 35.5. The van der Waals surface area contributed by atoms with Gasteiger partial charge in [-0.15, -0.1) is 0 Å². The summed E-state index contributed by atoms with van der Waals surface area (Å²) < 4.78 is 5.32. The topological polar surface area (TPSA) is 87.7 Å². The minimum Gasteiger partial charge on any atom is -0.507 e. The monoisotopic (exact) mass is 348 g/mol. The van der Waals surface area contributed by atoms with E-state index in [1.165, 1.54) is 18.2 Å². The van der Waals surface area contributed by atoms with Crippen LogP contribution in [0.15, 0.2) is 42.5 Å². The van der Waals surface area contributed by atoms with Gasteiger partial charge in [0.15, 0.2) is 0 Å². The van der Waals surface area contributed by atoms with Crippen LogP contribution in [0.25, 0.3) is 0 Å². The second kappa shape index (κ2) is 8.21. The lowest BCUT2D eigenvalue weighted by atomic mass is 10.1. The van der Waals surface area contributed by atoms with E-state index in [1.54, 1.807) is 24.3 Å². The summed E-state index contributed by atoms with van der Waals surface area (Å²) in [6, 6.07) is 11.2. The molecule has 126 valence electrons. The molecule has 0 aliphatic heterocycles. The number of hydrogen-bond acceptors (Lipinski definition) is 4. The van der Waals surface area contributed by atoms with Crippen molar-refractivity contribution in [3.63, 3.8) is 0 Å². The fourth-order valence-electron chi connectivity index (χ4n) is 1.98. The van der Waals surface area contributed by atoms with Crippen LogP contribution in [0.4, 0.5) is 0 Å². The standard InChI is InChI=1S/C17H17ClN2O4/c1-2-24-13-6-3-11(4-7-13)9-16(22)19-20-17(23)14-10-12(18)5-8-15(14)21/h3-8,10,21H,2,9H2,1H3,(H,19,22)(H,20,23). The fraction of sp³-hybridized carbons (Fsp3) is 0.176. The maximum atomic E-state index is 11.9. The molecule has 0 aromatic heterocycles. The van der Waals surface area contributed by atoms with Gasteiger partial charge in [0.05, 0.1) is 18.6 Å². The van der Waals surface area contributed by atoms with Crippen molar-refractivity contribution in [3.05, 3.63) is 58.6 Å². The predicted molar refractivity (Wildman–Crippen MR) is 90.0 cm³/mol. The zero-order valence-corrected chi connectivity index (χ0v) is 13.8. The Balaban J connectivity index is 1.88. The van der Waals surface area contributed by atoms with E-state index in [0.717, 1.165) is 11.3 Å². The van der Waals surface area contributed by atoms with Crippen molar-refractivity contribution < 1.29 is 19.4 Å². The summed E-state index contributed by atoms with van der Waals surface area (Å²) in [6.45, 7) is 2.46. The lowest BCUT2D eigenvalue weighted by Crippen LogP contribution is -2.42. The predicted octanol–water partition coefficient (Wildman–Crippen LogP) is 2.45. The van der Waals surface area contributed by atoms with E-state index in [1.807, 2.05) is 6.92 Å². The molecule has 0 fully saturated rings. The third-order valence-corrected chi connectivity index (χ3v) is 3.35. The largest absolute Gasteiger partial charge is 0.507 e. The van der Waals surface area contributed by atoms with Crippen LogP contribution < -0.4 is 15.6 Å². The molecule has 24 heavy (non-hydrogen) atoms. The van der Waals surface area contributed by atoms with E-state index in [4.69, 9.17) is 16.3 Å². The molecule has 0 atom stereocenters. The van der Waals surface area contributed by atoms with E-state index in [0.29, 0.717) is 11.6 Å². The Morgan fingerprint density at radius 1 is 1.12 bits per heavy atom. The fourth-order valence-corrected chi connectivity index (χ4v) is 2.16. The Kier molecular flexibility index (Phi) is 6.03. The van der Waals surface area contributed by atoms with E-state index in [-0.39, 0.29) is 17.7 Å². The smallest absolute Gasteiger partial charge is 0.273 e. The van der Waals surface area contributed by atoms with Gasteiger partial charge in [-0.2, -0.15) is 0 Å². The molecule has 2 amide bonds. The first kappa shape index (κ1) is 17.6. The van der Waals surface area contributed by atoms with Crippen molar-refractivity contribution in [2.24, 2.45) is 0 Å². The number of phenolic OH excluding ortho intramolecular Hbond substituents is 1. The summed E-state index contributed by atoms with van der Waals surface area (Å²) in [4.78, 5) is 23.8. The summed E-state index contributed by atoms with van der Waals surface area (Å²) >= 11 is 5.78. The molecule has 0 unspecified atom stereocenters. The number of rotatable bonds is 5. The number of hydrazine groups is 1. The first-order valence-electron chi connectivity index (χ1n) is 7.29. The third-order valence-electron chi connectivity index (χ3n) is 3.12. The van der Waals surface area contributed by atoms with Crippen LogP contribution in [0.1, 0.15) is 22.8 Å². The van der Waals surface area contributed by atoms with Gasteiger partial charge < -0.3 is 9.84 Å². The number of benzene rings is 2. The molecule has 0 spiro atoms. The van der Waals surface area contributed by atoms with Gasteiger partial charge in [0, 0.05) is 5.02 Å². The summed E-state index contributed by atoms with van der Waals surface area (Å²) in [6.07, 6.45) is 0.0915. The third kappa shape index (κ3) is 4.89. The molecule has 0 heterocycles. The quantitative estimate of drug-likeness (QED) is 0.724. The van der Waals surface area contributed by atoms with E-state index < -0.39 is 11.8 Å². The van der Waals surface area contributed by atoms with E-state index in [2.05, 4.69) is 10.9 Å². The van der Waals surface area contributed by atoms with Crippen LogP contribution in [0, 0.1) is 0 Å². The molecule has 0 bridgehead atoms. The molecule has 2 rings (SSSR count). The maximum absolute atomic E-state index is 11.9. The average molecular weight is 349 g/mol. The Hall–Kier alpha value is -2.73. The normalized spacial score (nSPS) is 10.1. The van der Waals surface area contributed by atoms with Gasteiger partial charge >= 0.3 is 0 Å². The molecule has 0 saturated carbocycles. The average Bonchev–Trinajstić information content (AvgIpc) is 2.57. The zero-order chi connectivity index (χ0) is 17.5. The highest BCUT2D eigenvalue weighted by Crippen LogP contribution is 2.21. The Morgan fingerprint density at radius 3 is 2.50 bits per heavy atom. The molecular weight excluding hydrogens is 332 g/mol. The number of phenols is 1. The Bertz CT molecular complexity index is 732. The van der Waals surface area contributed by atoms with Gasteiger partial charge in [0.25, 0.3) is 5.91 Å². The molecular formula is C17H17ClN2O4. The molecule has 7 heteroatoms. The van der Waals surface area contributed by atoms with E-state index >= 15 is 0 Å². The number of carbonyl (C=O) groups is 2. The molecule has 6 nitrogen and oxygen atoms in total. The van der Waals surface area contributed by atoms with Crippen LogP contribution in [0.2, 0.25) is 5.02 Å². The lowest BCUT2D eigenvalue weighted by Gasteiger charge is -2.09. The number of nitrogens with one attached hydrogen (secondary N) is 2. The molecule has 3 N–H and O–H groups in total. The van der Waals surface area contributed by atoms with E-state index in [9.17, 15) is 14.7 Å². The van der Waals surface area contributed by atoms with Crippen LogP contribution in [0.3, 0.4) is 0 Å². The maximum Gasteiger partial charge on any atom is 0.273 e. The SMILES string of the molecule is CCOc1ccc(CC(=O)NNC(=O)c2cc(Cl)ccc2O)cc1. The lowest BCUT2D eigenvalue weighted by molar-refractivity contribution is -0.121. The molecule has 2 aromatic rings. The highest BCUT2D eigenvalue weighted by molar-refractivity contribution is 6.31. The minimum absolute atomic E-state index is 0.0242. The molecule has 0 radical (unpaired) electrons. The van der Waals surface area contributed by atoms with Gasteiger partial charge in [-0.05, 0) is 42.8 Å². The van der Waals surface area contributed by atoms with Crippen LogP contribution in [-0.4, -0.2) is 23.5 Å². The number of halogens is 1. The number of aromatic hydroxyl groups is 1. The number of carbonyl (C=O) groups excluding carboxylic acids is 2. The summed E-state index contributed by atoms with van der Waals surface area (Å²) in [5, 5.41) is 9.94. The van der Waals surface area contributed by atoms with Crippen molar-refractivity contribution in [3.8, 4) is 11.5 Å². The van der Waals surface area contributed by atoms with Gasteiger partial charge in [-0.25, -0.2) is 0 Å². The summed E-state index contributed by atoms with van der Waals surface area (Å²) in [7, 11) is 0. The summed E-state index contributed by atoms with van der Waals surface area (Å²) in [5.41, 5.74) is 5.28. The van der Waals surface area contributed by atoms with Gasteiger partial charge in [-0.3, -0.25) is 20.4 Å². The second-order valence-corrected chi connectivity index (χ2v) is 5.35. The first-order valence-corrected chi connectivity index (χ1v) is 7.67. The molecule has 0 aliphatic rings. The number of amides is 2. The van der Waals surface area contributed by atoms with Crippen molar-refractivity contribution in [2.75, 3.05) is 6.61 Å². The minimum atomic E-state index is -0.657. The van der Waals surface area contributed by atoms with Gasteiger partial charge in [0.2, 0.25) is 5.91 Å². The van der Waals surface area contributed by atoms with Crippen molar-refractivity contribution >= 4 is 23.4 Å². The molecule has 0 aliphatic carbocycles. The van der Waals surface area contributed by atoms with Crippen molar-refractivity contribution in [2.45, 2.75) is 13.3 Å². The van der Waals surface area contributed by atoms with Crippen LogP contribution >= 0.6 is 11.6 Å².